The van der Waals surface area contributed by atoms with Crippen LogP contribution in [0.25, 0.3) is 0 Å². The summed E-state index contributed by atoms with van der Waals surface area (Å²) in [6.07, 6.45) is 0. The van der Waals surface area contributed by atoms with Gasteiger partial charge in [0.15, 0.2) is 0 Å². The maximum absolute atomic E-state index is 8.98. The number of hydrogen-bond donors (Lipinski definition) is 2. The lowest BCUT2D eigenvalue weighted by atomic mass is 10.1. The molecular weight excluding hydrogens is 222 g/mol. The fourth-order valence-electron chi connectivity index (χ4n) is 1.82. The number of aryl methyl sites for hydroxylation is 2. The predicted octanol–water partition coefficient (Wildman–Crippen LogP) is 3.41. The molecule has 0 atom stereocenters. The summed E-state index contributed by atoms with van der Waals surface area (Å²) in [5, 5.41) is 12.4. The first-order chi connectivity index (χ1) is 8.69. The fourth-order valence-corrected chi connectivity index (χ4v) is 1.82. The second kappa shape index (κ2) is 5.69. The highest BCUT2D eigenvalue weighted by Crippen LogP contribution is 2.15. The molecule has 0 saturated carbocycles. The van der Waals surface area contributed by atoms with Crippen LogP contribution in [0.5, 0.6) is 0 Å². The largest absolute Gasteiger partial charge is 0.392 e. The molecule has 0 radical (unpaired) electrons. The Morgan fingerprint density at radius 3 is 2.17 bits per heavy atom. The Morgan fingerprint density at radius 2 is 1.56 bits per heavy atom. The zero-order chi connectivity index (χ0) is 13.0. The van der Waals surface area contributed by atoms with E-state index in [2.05, 4.69) is 37.4 Å². The van der Waals surface area contributed by atoms with Crippen molar-refractivity contribution in [3.05, 3.63) is 64.7 Å². The van der Waals surface area contributed by atoms with Gasteiger partial charge in [0.2, 0.25) is 0 Å². The van der Waals surface area contributed by atoms with Crippen molar-refractivity contribution in [2.75, 3.05) is 5.32 Å². The second-order valence-corrected chi connectivity index (χ2v) is 4.63. The smallest absolute Gasteiger partial charge is 0.0681 e. The molecule has 0 aliphatic carbocycles. The van der Waals surface area contributed by atoms with Crippen molar-refractivity contribution in [2.24, 2.45) is 0 Å². The van der Waals surface area contributed by atoms with Crippen LogP contribution in [0.15, 0.2) is 42.5 Å². The third-order valence-corrected chi connectivity index (χ3v) is 3.21. The van der Waals surface area contributed by atoms with E-state index in [4.69, 9.17) is 5.11 Å². The summed E-state index contributed by atoms with van der Waals surface area (Å²) < 4.78 is 0. The molecule has 18 heavy (non-hydrogen) atoms. The Bertz CT molecular complexity index is 517. The van der Waals surface area contributed by atoms with Gasteiger partial charge >= 0.3 is 0 Å². The van der Waals surface area contributed by atoms with Gasteiger partial charge in [0.25, 0.3) is 0 Å². The fraction of sp³-hybridized carbons (Fsp3) is 0.250. The quantitative estimate of drug-likeness (QED) is 0.859. The highest BCUT2D eigenvalue weighted by atomic mass is 16.3. The van der Waals surface area contributed by atoms with Gasteiger partial charge in [-0.1, -0.05) is 30.3 Å². The molecule has 0 aliphatic rings. The Kier molecular flexibility index (Phi) is 4.00. The van der Waals surface area contributed by atoms with Crippen molar-refractivity contribution in [2.45, 2.75) is 27.0 Å². The molecule has 0 unspecified atom stereocenters. The molecule has 0 spiro atoms. The van der Waals surface area contributed by atoms with E-state index in [9.17, 15) is 0 Å². The minimum absolute atomic E-state index is 0.102. The van der Waals surface area contributed by atoms with Gasteiger partial charge in [0.05, 0.1) is 6.61 Å². The molecule has 94 valence electrons. The standard InChI is InChI=1S/C16H19NO/c1-12-3-8-16(9-13(12)2)17-10-14-4-6-15(11-18)7-5-14/h3-9,17-18H,10-11H2,1-2H3. The number of nitrogens with one attached hydrogen (secondary N) is 1. The van der Waals surface area contributed by atoms with Crippen molar-refractivity contribution in [1.82, 2.24) is 0 Å². The summed E-state index contributed by atoms with van der Waals surface area (Å²) in [6, 6.07) is 14.4. The number of benzene rings is 2. The molecular formula is C16H19NO. The number of rotatable bonds is 4. The van der Waals surface area contributed by atoms with Gasteiger partial charge in [-0.25, -0.2) is 0 Å². The van der Waals surface area contributed by atoms with Crippen LogP contribution in [0, 0.1) is 13.8 Å². The van der Waals surface area contributed by atoms with Crippen LogP contribution in [0.4, 0.5) is 5.69 Å². The molecule has 2 rings (SSSR count). The summed E-state index contributed by atoms with van der Waals surface area (Å²) in [7, 11) is 0. The molecule has 2 heteroatoms. The minimum Gasteiger partial charge on any atom is -0.392 e. The van der Waals surface area contributed by atoms with Crippen molar-refractivity contribution >= 4 is 5.69 Å². The van der Waals surface area contributed by atoms with Crippen LogP contribution in [0.2, 0.25) is 0 Å². The predicted molar refractivity (Wildman–Crippen MR) is 75.6 cm³/mol. The van der Waals surface area contributed by atoms with Crippen LogP contribution in [0.1, 0.15) is 22.3 Å². The van der Waals surface area contributed by atoms with Crippen LogP contribution in [0.3, 0.4) is 0 Å². The van der Waals surface area contributed by atoms with Crippen molar-refractivity contribution < 1.29 is 5.11 Å². The average Bonchev–Trinajstić information content (AvgIpc) is 2.41. The number of aliphatic hydroxyl groups excluding tert-OH is 1. The van der Waals surface area contributed by atoms with E-state index in [1.165, 1.54) is 16.7 Å². The lowest BCUT2D eigenvalue weighted by Gasteiger charge is -2.09. The van der Waals surface area contributed by atoms with E-state index in [0.717, 1.165) is 17.8 Å². The Morgan fingerprint density at radius 1 is 0.889 bits per heavy atom. The molecule has 0 bridgehead atoms. The Hall–Kier alpha value is -1.80. The molecule has 2 aromatic carbocycles. The van der Waals surface area contributed by atoms with Gasteiger partial charge in [-0.3, -0.25) is 0 Å². The second-order valence-electron chi connectivity index (χ2n) is 4.63. The first kappa shape index (κ1) is 12.7. The SMILES string of the molecule is Cc1ccc(NCc2ccc(CO)cc2)cc1C. The molecule has 2 aromatic rings. The van der Waals surface area contributed by atoms with Gasteiger partial charge in [-0.2, -0.15) is 0 Å². The molecule has 0 saturated heterocycles. The van der Waals surface area contributed by atoms with Crippen molar-refractivity contribution in [3.63, 3.8) is 0 Å². The van der Waals surface area contributed by atoms with E-state index in [1.54, 1.807) is 0 Å². The van der Waals surface area contributed by atoms with Gasteiger partial charge in [-0.05, 0) is 48.2 Å². The molecule has 0 aromatic heterocycles. The molecule has 0 amide bonds. The van der Waals surface area contributed by atoms with E-state index in [0.29, 0.717) is 0 Å². The monoisotopic (exact) mass is 241 g/mol. The molecule has 0 fully saturated rings. The third-order valence-electron chi connectivity index (χ3n) is 3.21. The van der Waals surface area contributed by atoms with Gasteiger partial charge in [-0.15, -0.1) is 0 Å². The third kappa shape index (κ3) is 3.11. The summed E-state index contributed by atoms with van der Waals surface area (Å²) in [5.41, 5.74) is 5.92. The van der Waals surface area contributed by atoms with E-state index >= 15 is 0 Å². The van der Waals surface area contributed by atoms with Crippen molar-refractivity contribution in [1.29, 1.82) is 0 Å². The maximum atomic E-state index is 8.98. The average molecular weight is 241 g/mol. The lowest BCUT2D eigenvalue weighted by Crippen LogP contribution is -2.00. The first-order valence-corrected chi connectivity index (χ1v) is 6.19. The normalized spacial score (nSPS) is 10.4. The van der Waals surface area contributed by atoms with Crippen LogP contribution >= 0.6 is 0 Å². The summed E-state index contributed by atoms with van der Waals surface area (Å²) in [5.74, 6) is 0. The lowest BCUT2D eigenvalue weighted by molar-refractivity contribution is 0.282. The highest BCUT2D eigenvalue weighted by molar-refractivity contribution is 5.48. The molecule has 2 N–H and O–H groups in total. The Labute approximate surface area is 108 Å². The van der Waals surface area contributed by atoms with E-state index in [-0.39, 0.29) is 6.61 Å². The molecule has 0 heterocycles. The first-order valence-electron chi connectivity index (χ1n) is 6.19. The van der Waals surface area contributed by atoms with Crippen LogP contribution < -0.4 is 5.32 Å². The van der Waals surface area contributed by atoms with Crippen molar-refractivity contribution in [3.8, 4) is 0 Å². The van der Waals surface area contributed by atoms with Gasteiger partial charge < -0.3 is 10.4 Å². The van der Waals surface area contributed by atoms with E-state index in [1.807, 2.05) is 24.3 Å². The zero-order valence-corrected chi connectivity index (χ0v) is 10.9. The highest BCUT2D eigenvalue weighted by Gasteiger charge is 1.97. The minimum atomic E-state index is 0.102. The number of aliphatic hydroxyl groups is 1. The Balaban J connectivity index is 1.99. The van der Waals surface area contributed by atoms with Crippen LogP contribution in [-0.4, -0.2) is 5.11 Å². The van der Waals surface area contributed by atoms with Gasteiger partial charge in [0, 0.05) is 12.2 Å². The maximum Gasteiger partial charge on any atom is 0.0681 e. The molecule has 2 nitrogen and oxygen atoms in total. The van der Waals surface area contributed by atoms with Crippen LogP contribution in [-0.2, 0) is 13.2 Å². The van der Waals surface area contributed by atoms with E-state index < -0.39 is 0 Å². The summed E-state index contributed by atoms with van der Waals surface area (Å²) >= 11 is 0. The number of anilines is 1. The molecule has 0 aliphatic heterocycles. The number of hydrogen-bond acceptors (Lipinski definition) is 2. The van der Waals surface area contributed by atoms with Gasteiger partial charge in [0.1, 0.15) is 0 Å². The topological polar surface area (TPSA) is 32.3 Å². The summed E-state index contributed by atoms with van der Waals surface area (Å²) in [6.45, 7) is 5.14. The summed E-state index contributed by atoms with van der Waals surface area (Å²) in [4.78, 5) is 0. The zero-order valence-electron chi connectivity index (χ0n) is 10.9.